The van der Waals surface area contributed by atoms with Crippen LogP contribution in [0.5, 0.6) is 0 Å². The van der Waals surface area contributed by atoms with Crippen molar-refractivity contribution >= 4 is 17.5 Å². The van der Waals surface area contributed by atoms with E-state index < -0.39 is 0 Å². The highest BCUT2D eigenvalue weighted by Crippen LogP contribution is 1.96. The summed E-state index contributed by atoms with van der Waals surface area (Å²) < 4.78 is 4.71. The summed E-state index contributed by atoms with van der Waals surface area (Å²) in [4.78, 5) is 15.8. The highest BCUT2D eigenvalue weighted by Gasteiger charge is 2.10. The minimum absolute atomic E-state index is 0.207. The van der Waals surface area contributed by atoms with Gasteiger partial charge >= 0.3 is 0 Å². The van der Waals surface area contributed by atoms with Crippen molar-refractivity contribution in [1.82, 2.24) is 5.48 Å². The number of nitrogens with one attached hydrogen (secondary N) is 1. The summed E-state index contributed by atoms with van der Waals surface area (Å²) in [6, 6.07) is 0. The molecule has 0 rings (SSSR count). The lowest BCUT2D eigenvalue weighted by Gasteiger charge is -2.08. The van der Waals surface area contributed by atoms with Gasteiger partial charge in [0.15, 0.2) is 0 Å². The second-order valence-corrected chi connectivity index (χ2v) is 2.67. The molecule has 72 valence electrons. The van der Waals surface area contributed by atoms with Gasteiger partial charge in [-0.2, -0.15) is 0 Å². The third-order valence-corrected chi connectivity index (χ3v) is 1.70. The summed E-state index contributed by atoms with van der Waals surface area (Å²) >= 11 is 5.45. The van der Waals surface area contributed by atoms with E-state index in [1.807, 2.05) is 0 Å². The van der Waals surface area contributed by atoms with Crippen molar-refractivity contribution in [3.05, 3.63) is 0 Å². The Bertz CT molecular complexity index is 132. The highest BCUT2D eigenvalue weighted by molar-refractivity contribution is 6.19. The number of alkyl halides is 1. The smallest absolute Gasteiger partial charge is 0.247 e. The van der Waals surface area contributed by atoms with Gasteiger partial charge in [-0.3, -0.25) is 9.63 Å². The fraction of sp³-hybridized carbons (Fsp3) is 0.857. The van der Waals surface area contributed by atoms with E-state index in [-0.39, 0.29) is 11.8 Å². The molecule has 0 bridgehead atoms. The van der Waals surface area contributed by atoms with Gasteiger partial charge in [-0.05, 0) is 0 Å². The lowest BCUT2D eigenvalue weighted by atomic mass is 10.2. The zero-order valence-electron chi connectivity index (χ0n) is 7.30. The molecule has 0 aliphatic rings. The quantitative estimate of drug-likeness (QED) is 0.383. The third kappa shape index (κ3) is 5.35. The Balaban J connectivity index is 3.31. The van der Waals surface area contributed by atoms with Crippen molar-refractivity contribution in [2.45, 2.75) is 6.92 Å². The van der Waals surface area contributed by atoms with Gasteiger partial charge < -0.3 is 4.74 Å². The number of hydrogen-bond acceptors (Lipinski definition) is 3. The Morgan fingerprint density at radius 2 is 2.25 bits per heavy atom. The molecule has 12 heavy (non-hydrogen) atoms. The second kappa shape index (κ2) is 7.34. The number of carbonyl (C=O) groups is 1. The summed E-state index contributed by atoms with van der Waals surface area (Å²) in [5.41, 5.74) is 2.26. The van der Waals surface area contributed by atoms with Crippen molar-refractivity contribution in [3.8, 4) is 0 Å². The van der Waals surface area contributed by atoms with E-state index in [2.05, 4.69) is 5.48 Å². The minimum atomic E-state index is -0.228. The fourth-order valence-corrected chi connectivity index (χ4v) is 0.558. The molecule has 0 radical (unpaired) electrons. The SMILES string of the molecule is COCCONC(=O)C(C)CCl. The number of rotatable bonds is 6. The van der Waals surface area contributed by atoms with Gasteiger partial charge in [-0.1, -0.05) is 6.92 Å². The molecule has 0 aromatic carbocycles. The van der Waals surface area contributed by atoms with E-state index in [9.17, 15) is 4.79 Å². The number of amides is 1. The summed E-state index contributed by atoms with van der Waals surface area (Å²) in [6.07, 6.45) is 0. The maximum absolute atomic E-state index is 11.0. The van der Waals surface area contributed by atoms with Crippen molar-refractivity contribution in [3.63, 3.8) is 0 Å². The van der Waals surface area contributed by atoms with Gasteiger partial charge in [0.1, 0.15) is 0 Å². The van der Waals surface area contributed by atoms with Crippen LogP contribution in [0.25, 0.3) is 0 Å². The average molecular weight is 196 g/mol. The number of carbonyl (C=O) groups excluding carboxylic acids is 1. The number of methoxy groups -OCH3 is 1. The van der Waals surface area contributed by atoms with Gasteiger partial charge in [0.2, 0.25) is 5.91 Å². The Morgan fingerprint density at radius 1 is 1.58 bits per heavy atom. The number of halogens is 1. The molecule has 5 heteroatoms. The molecule has 0 spiro atoms. The van der Waals surface area contributed by atoms with Crippen LogP contribution in [0.3, 0.4) is 0 Å². The first-order chi connectivity index (χ1) is 5.72. The first-order valence-corrected chi connectivity index (χ1v) is 4.22. The van der Waals surface area contributed by atoms with Crippen LogP contribution in [0.2, 0.25) is 0 Å². The van der Waals surface area contributed by atoms with Crippen molar-refractivity contribution < 1.29 is 14.4 Å². The second-order valence-electron chi connectivity index (χ2n) is 2.36. The molecule has 1 unspecified atom stereocenters. The Kier molecular flexibility index (Phi) is 7.14. The van der Waals surface area contributed by atoms with Crippen LogP contribution in [0.4, 0.5) is 0 Å². The fourth-order valence-electron chi connectivity index (χ4n) is 0.418. The van der Waals surface area contributed by atoms with E-state index in [0.29, 0.717) is 19.1 Å². The maximum atomic E-state index is 11.0. The van der Waals surface area contributed by atoms with Crippen LogP contribution in [0.15, 0.2) is 0 Å². The average Bonchev–Trinajstić information content (AvgIpc) is 2.10. The van der Waals surface area contributed by atoms with Gasteiger partial charge in [0.25, 0.3) is 0 Å². The molecule has 4 nitrogen and oxygen atoms in total. The molecular formula is C7H14ClNO3. The molecule has 0 aliphatic heterocycles. The van der Waals surface area contributed by atoms with Gasteiger partial charge in [-0.15, -0.1) is 11.6 Å². The molecule has 0 aliphatic carbocycles. The number of ether oxygens (including phenoxy) is 1. The van der Waals surface area contributed by atoms with E-state index in [0.717, 1.165) is 0 Å². The molecule has 0 aromatic rings. The van der Waals surface area contributed by atoms with Crippen LogP contribution in [0.1, 0.15) is 6.92 Å². The topological polar surface area (TPSA) is 47.6 Å². The highest BCUT2D eigenvalue weighted by atomic mass is 35.5. The minimum Gasteiger partial charge on any atom is -0.382 e. The number of hydrogen-bond donors (Lipinski definition) is 1. The summed E-state index contributed by atoms with van der Waals surface area (Å²) in [7, 11) is 1.56. The van der Waals surface area contributed by atoms with Crippen molar-refractivity contribution in [2.24, 2.45) is 5.92 Å². The number of hydroxylamine groups is 1. The lowest BCUT2D eigenvalue weighted by molar-refractivity contribution is -0.137. The Labute approximate surface area is 77.1 Å². The van der Waals surface area contributed by atoms with Gasteiger partial charge in [-0.25, -0.2) is 5.48 Å². The monoisotopic (exact) mass is 195 g/mol. The molecule has 1 N–H and O–H groups in total. The molecule has 0 saturated heterocycles. The first kappa shape index (κ1) is 11.7. The summed E-state index contributed by atoms with van der Waals surface area (Å²) in [6.45, 7) is 2.52. The normalized spacial score (nSPS) is 12.6. The molecule has 0 aromatic heterocycles. The summed E-state index contributed by atoms with van der Waals surface area (Å²) in [5, 5.41) is 0. The van der Waals surface area contributed by atoms with Crippen LogP contribution in [-0.4, -0.2) is 32.1 Å². The first-order valence-electron chi connectivity index (χ1n) is 3.69. The molecule has 0 saturated carbocycles. The molecule has 1 atom stereocenters. The molecule has 0 fully saturated rings. The van der Waals surface area contributed by atoms with E-state index in [4.69, 9.17) is 21.2 Å². The van der Waals surface area contributed by atoms with E-state index in [1.54, 1.807) is 14.0 Å². The molecule has 1 amide bonds. The molecular weight excluding hydrogens is 182 g/mol. The zero-order chi connectivity index (χ0) is 9.40. The lowest BCUT2D eigenvalue weighted by Crippen LogP contribution is -2.31. The maximum Gasteiger partial charge on any atom is 0.247 e. The Morgan fingerprint density at radius 3 is 2.75 bits per heavy atom. The van der Waals surface area contributed by atoms with Gasteiger partial charge in [0.05, 0.1) is 19.1 Å². The molecule has 0 heterocycles. The van der Waals surface area contributed by atoms with Crippen LogP contribution >= 0.6 is 11.6 Å². The van der Waals surface area contributed by atoms with E-state index >= 15 is 0 Å². The summed E-state index contributed by atoms with van der Waals surface area (Å²) in [5.74, 6) is -0.144. The van der Waals surface area contributed by atoms with Crippen LogP contribution in [0, 0.1) is 5.92 Å². The van der Waals surface area contributed by atoms with Crippen LogP contribution in [-0.2, 0) is 14.4 Å². The Hall–Kier alpha value is -0.320. The van der Waals surface area contributed by atoms with Crippen molar-refractivity contribution in [2.75, 3.05) is 26.2 Å². The predicted octanol–water partition coefficient (Wildman–Crippen LogP) is 0.555. The van der Waals surface area contributed by atoms with E-state index in [1.165, 1.54) is 0 Å². The third-order valence-electron chi connectivity index (χ3n) is 1.24. The van der Waals surface area contributed by atoms with Crippen LogP contribution < -0.4 is 5.48 Å². The van der Waals surface area contributed by atoms with Gasteiger partial charge in [0, 0.05) is 13.0 Å². The largest absolute Gasteiger partial charge is 0.382 e. The standard InChI is InChI=1S/C7H14ClNO3/c1-6(5-8)7(10)9-12-4-3-11-2/h6H,3-5H2,1-2H3,(H,9,10). The van der Waals surface area contributed by atoms with Crippen molar-refractivity contribution in [1.29, 1.82) is 0 Å². The zero-order valence-corrected chi connectivity index (χ0v) is 8.06. The predicted molar refractivity (Wildman–Crippen MR) is 45.9 cm³/mol.